The summed E-state index contributed by atoms with van der Waals surface area (Å²) in [6, 6.07) is -1.38. The summed E-state index contributed by atoms with van der Waals surface area (Å²) in [5.74, 6) is -0.152. The van der Waals surface area contributed by atoms with Gasteiger partial charge in [-0.1, -0.05) is 0 Å². The van der Waals surface area contributed by atoms with Gasteiger partial charge in [0, 0.05) is 0 Å². The Labute approximate surface area is 83.0 Å². The standard InChI is InChI=1S/C9H16N2O3/c1-8(2)5(11-7(10)13)6(12)9(3,4)14-8/h5H,1-4H3,(H3,10,11,13). The van der Waals surface area contributed by atoms with E-state index in [-0.39, 0.29) is 5.78 Å². The Kier molecular flexibility index (Phi) is 2.31. The van der Waals surface area contributed by atoms with E-state index in [1.165, 1.54) is 0 Å². The molecule has 0 bridgehead atoms. The maximum atomic E-state index is 11.8. The summed E-state index contributed by atoms with van der Waals surface area (Å²) in [5.41, 5.74) is 3.41. The number of nitrogens with one attached hydrogen (secondary N) is 1. The molecular weight excluding hydrogens is 184 g/mol. The summed E-state index contributed by atoms with van der Waals surface area (Å²) in [4.78, 5) is 22.5. The van der Waals surface area contributed by atoms with Crippen molar-refractivity contribution in [3.05, 3.63) is 0 Å². The summed E-state index contributed by atoms with van der Waals surface area (Å²) in [6.45, 7) is 6.86. The van der Waals surface area contributed by atoms with Crippen molar-refractivity contribution in [2.45, 2.75) is 44.9 Å². The molecule has 0 radical (unpaired) electrons. The van der Waals surface area contributed by atoms with Crippen molar-refractivity contribution < 1.29 is 14.3 Å². The molecule has 80 valence electrons. The number of hydrogen-bond donors (Lipinski definition) is 2. The minimum atomic E-state index is -0.864. The largest absolute Gasteiger partial charge is 0.359 e. The van der Waals surface area contributed by atoms with Gasteiger partial charge in [-0.05, 0) is 27.7 Å². The maximum Gasteiger partial charge on any atom is 0.312 e. The predicted molar refractivity (Wildman–Crippen MR) is 50.8 cm³/mol. The van der Waals surface area contributed by atoms with E-state index in [0.29, 0.717) is 0 Å². The first kappa shape index (κ1) is 11.0. The Morgan fingerprint density at radius 1 is 1.43 bits per heavy atom. The van der Waals surface area contributed by atoms with E-state index in [9.17, 15) is 9.59 Å². The van der Waals surface area contributed by atoms with E-state index in [1.54, 1.807) is 27.7 Å². The number of Topliss-reactive ketones (excluding diaryl/α,β-unsaturated/α-hetero) is 1. The number of amides is 2. The summed E-state index contributed by atoms with van der Waals surface area (Å²) in [5, 5.41) is 2.40. The van der Waals surface area contributed by atoms with E-state index < -0.39 is 23.3 Å². The quantitative estimate of drug-likeness (QED) is 0.633. The van der Waals surface area contributed by atoms with Gasteiger partial charge in [0.2, 0.25) is 0 Å². The Balaban J connectivity index is 2.94. The normalized spacial score (nSPS) is 28.9. The molecule has 1 rings (SSSR count). The molecule has 1 saturated heterocycles. The molecule has 14 heavy (non-hydrogen) atoms. The fourth-order valence-electron chi connectivity index (χ4n) is 1.81. The van der Waals surface area contributed by atoms with Crippen LogP contribution in [-0.4, -0.2) is 29.1 Å². The molecule has 2 amide bonds. The molecule has 0 aromatic heterocycles. The number of hydrogen-bond acceptors (Lipinski definition) is 3. The van der Waals surface area contributed by atoms with Gasteiger partial charge in [-0.3, -0.25) is 4.79 Å². The van der Waals surface area contributed by atoms with Crippen LogP contribution in [-0.2, 0) is 9.53 Å². The summed E-state index contributed by atoms with van der Waals surface area (Å²) in [7, 11) is 0. The van der Waals surface area contributed by atoms with E-state index in [4.69, 9.17) is 10.5 Å². The minimum Gasteiger partial charge on any atom is -0.359 e. The van der Waals surface area contributed by atoms with E-state index in [1.807, 2.05) is 0 Å². The molecule has 0 aromatic carbocycles. The third kappa shape index (κ3) is 1.72. The number of rotatable bonds is 1. The first-order chi connectivity index (χ1) is 6.17. The third-order valence-electron chi connectivity index (χ3n) is 2.36. The van der Waals surface area contributed by atoms with Crippen molar-refractivity contribution in [1.82, 2.24) is 5.32 Å². The molecule has 1 aliphatic rings. The number of nitrogens with two attached hydrogens (primary N) is 1. The number of ether oxygens (including phenoxy) is 1. The highest BCUT2D eigenvalue weighted by molar-refractivity contribution is 5.96. The molecule has 1 heterocycles. The van der Waals surface area contributed by atoms with Crippen molar-refractivity contribution in [2.75, 3.05) is 0 Å². The average molecular weight is 200 g/mol. The lowest BCUT2D eigenvalue weighted by molar-refractivity contribution is -0.132. The number of urea groups is 1. The number of carbonyl (C=O) groups is 2. The molecular formula is C9H16N2O3. The molecule has 0 saturated carbocycles. The Morgan fingerprint density at radius 3 is 2.21 bits per heavy atom. The topological polar surface area (TPSA) is 81.4 Å². The number of carbonyl (C=O) groups excluding carboxylic acids is 2. The van der Waals surface area contributed by atoms with Crippen LogP contribution in [0.25, 0.3) is 0 Å². The maximum absolute atomic E-state index is 11.8. The van der Waals surface area contributed by atoms with Crippen LogP contribution < -0.4 is 11.1 Å². The summed E-state index contributed by atoms with van der Waals surface area (Å²) < 4.78 is 5.54. The van der Waals surface area contributed by atoms with Crippen LogP contribution in [0.4, 0.5) is 4.79 Å². The van der Waals surface area contributed by atoms with E-state index in [0.717, 1.165) is 0 Å². The molecule has 0 spiro atoms. The first-order valence-electron chi connectivity index (χ1n) is 4.47. The molecule has 0 aliphatic carbocycles. The zero-order valence-corrected chi connectivity index (χ0v) is 8.88. The van der Waals surface area contributed by atoms with Gasteiger partial charge in [0.1, 0.15) is 11.6 Å². The van der Waals surface area contributed by atoms with Crippen LogP contribution in [0.3, 0.4) is 0 Å². The number of primary amides is 1. The van der Waals surface area contributed by atoms with Gasteiger partial charge in [0.15, 0.2) is 5.78 Å². The molecule has 0 aromatic rings. The third-order valence-corrected chi connectivity index (χ3v) is 2.36. The lowest BCUT2D eigenvalue weighted by atomic mass is 9.93. The van der Waals surface area contributed by atoms with Crippen LogP contribution >= 0.6 is 0 Å². The first-order valence-corrected chi connectivity index (χ1v) is 4.47. The monoisotopic (exact) mass is 200 g/mol. The van der Waals surface area contributed by atoms with Crippen LogP contribution in [0, 0.1) is 0 Å². The summed E-state index contributed by atoms with van der Waals surface area (Å²) >= 11 is 0. The second-order valence-electron chi connectivity index (χ2n) is 4.52. The van der Waals surface area contributed by atoms with Crippen molar-refractivity contribution in [3.8, 4) is 0 Å². The van der Waals surface area contributed by atoms with E-state index >= 15 is 0 Å². The zero-order chi connectivity index (χ0) is 11.1. The van der Waals surface area contributed by atoms with Crippen LogP contribution in [0.2, 0.25) is 0 Å². The van der Waals surface area contributed by atoms with Gasteiger partial charge >= 0.3 is 6.03 Å². The number of ketones is 1. The van der Waals surface area contributed by atoms with Gasteiger partial charge in [0.05, 0.1) is 5.60 Å². The Hall–Kier alpha value is -1.10. The fourth-order valence-corrected chi connectivity index (χ4v) is 1.81. The lowest BCUT2D eigenvalue weighted by Crippen LogP contribution is -2.52. The van der Waals surface area contributed by atoms with Crippen molar-refractivity contribution in [1.29, 1.82) is 0 Å². The van der Waals surface area contributed by atoms with Gasteiger partial charge < -0.3 is 15.8 Å². The fraction of sp³-hybridized carbons (Fsp3) is 0.778. The van der Waals surface area contributed by atoms with Crippen molar-refractivity contribution in [2.24, 2.45) is 5.73 Å². The molecule has 5 nitrogen and oxygen atoms in total. The molecule has 3 N–H and O–H groups in total. The second-order valence-corrected chi connectivity index (χ2v) is 4.52. The van der Waals surface area contributed by atoms with Crippen molar-refractivity contribution in [3.63, 3.8) is 0 Å². The Morgan fingerprint density at radius 2 is 1.93 bits per heavy atom. The molecule has 1 atom stereocenters. The molecule has 1 aliphatic heterocycles. The van der Waals surface area contributed by atoms with Crippen LogP contribution in [0.1, 0.15) is 27.7 Å². The van der Waals surface area contributed by atoms with Gasteiger partial charge in [0.25, 0.3) is 0 Å². The van der Waals surface area contributed by atoms with Crippen LogP contribution in [0.15, 0.2) is 0 Å². The zero-order valence-electron chi connectivity index (χ0n) is 8.88. The minimum absolute atomic E-state index is 0.152. The Bertz CT molecular complexity index is 284. The molecule has 1 fully saturated rings. The van der Waals surface area contributed by atoms with Crippen LogP contribution in [0.5, 0.6) is 0 Å². The lowest BCUT2D eigenvalue weighted by Gasteiger charge is -2.25. The average Bonchev–Trinajstić information content (AvgIpc) is 2.08. The predicted octanol–water partition coefficient (Wildman–Crippen LogP) is 0.180. The highest BCUT2D eigenvalue weighted by atomic mass is 16.5. The van der Waals surface area contributed by atoms with Gasteiger partial charge in [-0.25, -0.2) is 4.79 Å². The molecule has 5 heteroatoms. The SMILES string of the molecule is CC1(C)OC(C)(C)C(NC(N)=O)C1=O. The second kappa shape index (κ2) is 2.95. The highest BCUT2D eigenvalue weighted by Gasteiger charge is 2.53. The summed E-state index contributed by atoms with van der Waals surface area (Å²) in [6.07, 6.45) is 0. The smallest absolute Gasteiger partial charge is 0.312 e. The van der Waals surface area contributed by atoms with Crippen molar-refractivity contribution >= 4 is 11.8 Å². The van der Waals surface area contributed by atoms with Gasteiger partial charge in [-0.2, -0.15) is 0 Å². The highest BCUT2D eigenvalue weighted by Crippen LogP contribution is 2.34. The molecule has 1 unspecified atom stereocenters. The van der Waals surface area contributed by atoms with E-state index in [2.05, 4.69) is 5.32 Å². The van der Waals surface area contributed by atoms with Gasteiger partial charge in [-0.15, -0.1) is 0 Å².